The van der Waals surface area contributed by atoms with Crippen LogP contribution in [0.15, 0.2) is 47.3 Å². The molecule has 126 valence electrons. The van der Waals surface area contributed by atoms with E-state index in [9.17, 15) is 9.59 Å². The smallest absolute Gasteiger partial charge is 0.254 e. The van der Waals surface area contributed by atoms with Gasteiger partial charge in [0.25, 0.3) is 5.91 Å². The molecule has 1 aromatic heterocycles. The minimum atomic E-state index is -0.212. The van der Waals surface area contributed by atoms with Crippen LogP contribution in [0.1, 0.15) is 47.3 Å². The number of benzene rings is 1. The first-order valence-corrected chi connectivity index (χ1v) is 8.69. The van der Waals surface area contributed by atoms with Gasteiger partial charge in [-0.3, -0.25) is 9.59 Å². The highest BCUT2D eigenvalue weighted by Gasteiger charge is 2.27. The standard InChI is InChI=1S/C20H24N2O2/c1-15-13-17(14-19(23)21-15)20(24)22-12-6-5-9-18(22)11-10-16-7-3-2-4-8-16/h2-4,7-8,13-14,18H,5-6,9-12H2,1H3,(H,21,23). The van der Waals surface area contributed by atoms with Gasteiger partial charge < -0.3 is 9.88 Å². The second-order valence-corrected chi connectivity index (χ2v) is 6.59. The van der Waals surface area contributed by atoms with Crippen LogP contribution in [0.2, 0.25) is 0 Å². The van der Waals surface area contributed by atoms with Gasteiger partial charge in [-0.25, -0.2) is 0 Å². The molecule has 1 aromatic carbocycles. The molecule has 0 spiro atoms. The van der Waals surface area contributed by atoms with Crippen molar-refractivity contribution >= 4 is 5.91 Å². The molecule has 1 amide bonds. The maximum Gasteiger partial charge on any atom is 0.254 e. The molecule has 0 radical (unpaired) electrons. The molecule has 1 atom stereocenters. The second kappa shape index (κ2) is 7.47. The van der Waals surface area contributed by atoms with E-state index >= 15 is 0 Å². The number of rotatable bonds is 4. The third-order valence-electron chi connectivity index (χ3n) is 4.72. The molecule has 1 saturated heterocycles. The molecular weight excluding hydrogens is 300 g/mol. The second-order valence-electron chi connectivity index (χ2n) is 6.59. The van der Waals surface area contributed by atoms with Crippen molar-refractivity contribution in [1.82, 2.24) is 9.88 Å². The Bertz CT molecular complexity index is 752. The van der Waals surface area contributed by atoms with Gasteiger partial charge in [0.2, 0.25) is 5.56 Å². The van der Waals surface area contributed by atoms with E-state index in [0.717, 1.165) is 44.3 Å². The lowest BCUT2D eigenvalue weighted by molar-refractivity contribution is 0.0601. The zero-order valence-electron chi connectivity index (χ0n) is 14.1. The van der Waals surface area contributed by atoms with Gasteiger partial charge in [-0.05, 0) is 50.7 Å². The minimum absolute atomic E-state index is 0.0121. The molecule has 2 aromatic rings. The van der Waals surface area contributed by atoms with Crippen molar-refractivity contribution in [2.24, 2.45) is 0 Å². The van der Waals surface area contributed by atoms with Crippen LogP contribution in [-0.2, 0) is 6.42 Å². The van der Waals surface area contributed by atoms with Gasteiger partial charge in [-0.1, -0.05) is 30.3 Å². The highest BCUT2D eigenvalue weighted by atomic mass is 16.2. The maximum atomic E-state index is 12.9. The van der Waals surface area contributed by atoms with Crippen molar-refractivity contribution in [3.63, 3.8) is 0 Å². The number of pyridine rings is 1. The molecule has 3 rings (SSSR count). The molecule has 0 saturated carbocycles. The van der Waals surface area contributed by atoms with Crippen LogP contribution in [0.5, 0.6) is 0 Å². The summed E-state index contributed by atoms with van der Waals surface area (Å²) in [6.07, 6.45) is 5.19. The number of nitrogens with one attached hydrogen (secondary N) is 1. The molecule has 4 heteroatoms. The summed E-state index contributed by atoms with van der Waals surface area (Å²) in [6.45, 7) is 2.59. The van der Waals surface area contributed by atoms with E-state index in [1.54, 1.807) is 13.0 Å². The Hall–Kier alpha value is -2.36. The molecule has 1 aliphatic heterocycles. The fraction of sp³-hybridized carbons (Fsp3) is 0.400. The number of H-pyrrole nitrogens is 1. The molecule has 1 aliphatic rings. The van der Waals surface area contributed by atoms with E-state index in [-0.39, 0.29) is 17.5 Å². The van der Waals surface area contributed by atoms with E-state index < -0.39 is 0 Å². The summed E-state index contributed by atoms with van der Waals surface area (Å²) in [5.41, 5.74) is 2.32. The number of aromatic amines is 1. The van der Waals surface area contributed by atoms with Crippen LogP contribution in [-0.4, -0.2) is 28.4 Å². The molecule has 24 heavy (non-hydrogen) atoms. The Kier molecular flexibility index (Phi) is 5.14. The summed E-state index contributed by atoms with van der Waals surface area (Å²) in [7, 11) is 0. The summed E-state index contributed by atoms with van der Waals surface area (Å²) in [6, 6.07) is 13.8. The van der Waals surface area contributed by atoms with E-state index in [1.165, 1.54) is 11.6 Å². The lowest BCUT2D eigenvalue weighted by atomic mass is 9.95. The van der Waals surface area contributed by atoms with Gasteiger partial charge in [0.15, 0.2) is 0 Å². The Labute approximate surface area is 142 Å². The Morgan fingerprint density at radius 2 is 2.00 bits per heavy atom. The zero-order chi connectivity index (χ0) is 16.9. The van der Waals surface area contributed by atoms with Gasteiger partial charge in [0.05, 0.1) is 0 Å². The van der Waals surface area contributed by atoms with Gasteiger partial charge in [0, 0.05) is 29.9 Å². The van der Waals surface area contributed by atoms with E-state index in [0.29, 0.717) is 5.56 Å². The van der Waals surface area contributed by atoms with Crippen LogP contribution < -0.4 is 5.56 Å². The fourth-order valence-electron chi connectivity index (χ4n) is 3.52. The summed E-state index contributed by atoms with van der Waals surface area (Å²) < 4.78 is 0. The number of nitrogens with zero attached hydrogens (tertiary/aromatic N) is 1. The summed E-state index contributed by atoms with van der Waals surface area (Å²) in [5, 5.41) is 0. The molecule has 1 fully saturated rings. The van der Waals surface area contributed by atoms with E-state index in [1.807, 2.05) is 11.0 Å². The number of aryl methyl sites for hydroxylation is 2. The third kappa shape index (κ3) is 3.94. The maximum absolute atomic E-state index is 12.9. The number of carbonyl (C=O) groups excluding carboxylic acids is 1. The largest absolute Gasteiger partial charge is 0.336 e. The first-order chi connectivity index (χ1) is 11.6. The van der Waals surface area contributed by atoms with Gasteiger partial charge in [-0.2, -0.15) is 0 Å². The zero-order valence-corrected chi connectivity index (χ0v) is 14.1. The molecular formula is C20H24N2O2. The summed E-state index contributed by atoms with van der Waals surface area (Å²) in [4.78, 5) is 29.2. The number of carbonyl (C=O) groups is 1. The van der Waals surface area contributed by atoms with Crippen molar-refractivity contribution in [3.05, 3.63) is 69.6 Å². The lowest BCUT2D eigenvalue weighted by Crippen LogP contribution is -2.44. The SMILES string of the molecule is Cc1cc(C(=O)N2CCCCC2CCc2ccccc2)cc(=O)[nH]1. The minimum Gasteiger partial charge on any atom is -0.336 e. The fourth-order valence-corrected chi connectivity index (χ4v) is 3.52. The van der Waals surface area contributed by atoms with Crippen molar-refractivity contribution in [1.29, 1.82) is 0 Å². The van der Waals surface area contributed by atoms with Gasteiger partial charge >= 0.3 is 0 Å². The molecule has 4 nitrogen and oxygen atoms in total. The quantitative estimate of drug-likeness (QED) is 0.938. The number of amides is 1. The number of likely N-dealkylation sites (tertiary alicyclic amines) is 1. The third-order valence-corrected chi connectivity index (χ3v) is 4.72. The Morgan fingerprint density at radius 3 is 2.75 bits per heavy atom. The van der Waals surface area contributed by atoms with E-state index in [4.69, 9.17) is 0 Å². The number of piperidine rings is 1. The highest BCUT2D eigenvalue weighted by Crippen LogP contribution is 2.23. The monoisotopic (exact) mass is 324 g/mol. The van der Waals surface area contributed by atoms with E-state index in [2.05, 4.69) is 29.2 Å². The normalized spacial score (nSPS) is 17.7. The van der Waals surface area contributed by atoms with Crippen molar-refractivity contribution < 1.29 is 4.79 Å². The topological polar surface area (TPSA) is 53.2 Å². The van der Waals surface area contributed by atoms with Crippen molar-refractivity contribution in [2.75, 3.05) is 6.54 Å². The van der Waals surface area contributed by atoms with Gasteiger partial charge in [-0.15, -0.1) is 0 Å². The average molecular weight is 324 g/mol. The first kappa shape index (κ1) is 16.5. The Balaban J connectivity index is 1.73. The predicted octanol–water partition coefficient (Wildman–Crippen LogP) is 3.31. The van der Waals surface area contributed by atoms with Crippen molar-refractivity contribution in [3.8, 4) is 0 Å². The first-order valence-electron chi connectivity index (χ1n) is 8.69. The molecule has 1 unspecified atom stereocenters. The molecule has 2 heterocycles. The molecule has 0 bridgehead atoms. The number of aromatic nitrogens is 1. The van der Waals surface area contributed by atoms with Crippen LogP contribution in [0.3, 0.4) is 0 Å². The van der Waals surface area contributed by atoms with Crippen LogP contribution in [0, 0.1) is 6.92 Å². The van der Waals surface area contributed by atoms with Gasteiger partial charge in [0.1, 0.15) is 0 Å². The summed E-state index contributed by atoms with van der Waals surface area (Å²) in [5.74, 6) is -0.0121. The predicted molar refractivity (Wildman–Crippen MR) is 95.2 cm³/mol. The average Bonchev–Trinajstić information content (AvgIpc) is 2.59. The summed E-state index contributed by atoms with van der Waals surface area (Å²) >= 11 is 0. The lowest BCUT2D eigenvalue weighted by Gasteiger charge is -2.36. The van der Waals surface area contributed by atoms with Crippen LogP contribution in [0.4, 0.5) is 0 Å². The van der Waals surface area contributed by atoms with Crippen LogP contribution >= 0.6 is 0 Å². The highest BCUT2D eigenvalue weighted by molar-refractivity contribution is 5.94. The number of hydrogen-bond acceptors (Lipinski definition) is 2. The molecule has 0 aliphatic carbocycles. The van der Waals surface area contributed by atoms with Crippen molar-refractivity contribution in [2.45, 2.75) is 45.1 Å². The Morgan fingerprint density at radius 1 is 1.21 bits per heavy atom. The van der Waals surface area contributed by atoms with Crippen LogP contribution in [0.25, 0.3) is 0 Å². The molecule has 1 N–H and O–H groups in total. The number of hydrogen-bond donors (Lipinski definition) is 1.